The molecule has 4 aliphatic carbocycles. The molecule has 0 spiro atoms. The van der Waals surface area contributed by atoms with Gasteiger partial charge in [0.25, 0.3) is 8.32 Å². The number of rotatable bonds is 6. The molecule has 3 fully saturated rings. The molecule has 3 aromatic rings. The van der Waals surface area contributed by atoms with Crippen molar-refractivity contribution in [1.29, 1.82) is 0 Å². The molecule has 0 unspecified atom stereocenters. The number of fused-ring (bicyclic) bond motifs is 5. The molecule has 7 rings (SSSR count). The molecule has 0 aliphatic heterocycles. The molecule has 41 heavy (non-hydrogen) atoms. The van der Waals surface area contributed by atoms with Gasteiger partial charge in [-0.25, -0.2) is 0 Å². The highest BCUT2D eigenvalue weighted by Crippen LogP contribution is 2.64. The lowest BCUT2D eigenvalue weighted by Gasteiger charge is -2.58. The van der Waals surface area contributed by atoms with Gasteiger partial charge in [0.1, 0.15) is 5.78 Å². The van der Waals surface area contributed by atoms with Gasteiger partial charge in [-0.1, -0.05) is 110 Å². The first-order valence-corrected chi connectivity index (χ1v) is 17.6. The van der Waals surface area contributed by atoms with Gasteiger partial charge in [-0.15, -0.1) is 0 Å². The molecular formula is C37H42O3Si. The summed E-state index contributed by atoms with van der Waals surface area (Å²) in [5.74, 6) is 2.03. The quantitative estimate of drug-likeness (QED) is 0.244. The summed E-state index contributed by atoms with van der Waals surface area (Å²) in [7, 11) is -2.86. The van der Waals surface area contributed by atoms with Gasteiger partial charge in [0.05, 0.1) is 6.10 Å². The summed E-state index contributed by atoms with van der Waals surface area (Å²) >= 11 is 0. The summed E-state index contributed by atoms with van der Waals surface area (Å²) in [6.45, 7) is 2.93. The SMILES string of the molecule is C[C@]12CC[C@H]3[C@@H](CCC4=C[C@@H](O)CC[C@@]43CO[Si](c3ccccc3)(c3ccccc3)c3ccccc3)[C@@H]1CCC2=O. The molecule has 1 N–H and O–H groups in total. The molecular weight excluding hydrogens is 520 g/mol. The summed E-state index contributed by atoms with van der Waals surface area (Å²) in [4.78, 5) is 13.1. The van der Waals surface area contributed by atoms with Crippen LogP contribution in [0.5, 0.6) is 0 Å². The largest absolute Gasteiger partial charge is 0.403 e. The predicted octanol–water partition coefficient (Wildman–Crippen LogP) is 5.54. The number of benzene rings is 3. The third-order valence-electron chi connectivity index (χ3n) is 11.6. The second-order valence-electron chi connectivity index (χ2n) is 13.4. The van der Waals surface area contributed by atoms with Crippen LogP contribution in [-0.2, 0) is 9.22 Å². The zero-order chi connectivity index (χ0) is 28.1. The molecule has 0 bridgehead atoms. The summed E-state index contributed by atoms with van der Waals surface area (Å²) < 4.78 is 7.68. The fraction of sp³-hybridized carbons (Fsp3) is 0.432. The van der Waals surface area contributed by atoms with Crippen LogP contribution in [0.4, 0.5) is 0 Å². The Morgan fingerprint density at radius 1 is 0.756 bits per heavy atom. The molecule has 4 aliphatic rings. The Morgan fingerprint density at radius 2 is 1.34 bits per heavy atom. The number of Topliss-reactive ketones (excluding diaryl/α,β-unsaturated/α-hetero) is 1. The molecule has 0 amide bonds. The summed E-state index contributed by atoms with van der Waals surface area (Å²) in [6, 6.07) is 32.7. The van der Waals surface area contributed by atoms with Gasteiger partial charge in [-0.2, -0.15) is 0 Å². The van der Waals surface area contributed by atoms with Crippen molar-refractivity contribution >= 4 is 29.7 Å². The molecule has 6 atom stereocenters. The minimum atomic E-state index is -2.86. The Morgan fingerprint density at radius 3 is 1.93 bits per heavy atom. The third-order valence-corrected chi connectivity index (χ3v) is 15.6. The van der Waals surface area contributed by atoms with Crippen molar-refractivity contribution in [1.82, 2.24) is 0 Å². The van der Waals surface area contributed by atoms with Crippen LogP contribution in [0.15, 0.2) is 103 Å². The van der Waals surface area contributed by atoms with E-state index in [1.807, 2.05) is 0 Å². The second kappa shape index (κ2) is 10.5. The molecule has 0 saturated heterocycles. The van der Waals surface area contributed by atoms with Crippen molar-refractivity contribution in [2.24, 2.45) is 28.6 Å². The zero-order valence-corrected chi connectivity index (χ0v) is 25.2. The number of carbonyl (C=O) groups excluding carboxylic acids is 1. The van der Waals surface area contributed by atoms with E-state index in [1.54, 1.807) is 0 Å². The first-order valence-electron chi connectivity index (χ1n) is 15.7. The Labute approximate surface area is 245 Å². The van der Waals surface area contributed by atoms with Crippen LogP contribution >= 0.6 is 0 Å². The molecule has 3 saturated carbocycles. The number of aliphatic hydroxyl groups is 1. The van der Waals surface area contributed by atoms with Gasteiger partial charge < -0.3 is 9.53 Å². The maximum Gasteiger partial charge on any atom is 0.288 e. The lowest BCUT2D eigenvalue weighted by molar-refractivity contribution is -0.133. The lowest BCUT2D eigenvalue weighted by atomic mass is 9.47. The minimum absolute atomic E-state index is 0.0916. The van der Waals surface area contributed by atoms with E-state index in [4.69, 9.17) is 4.43 Å². The molecule has 212 valence electrons. The highest BCUT2D eigenvalue weighted by atomic mass is 28.4. The standard InChI is InChI=1S/C37H42O3Si/c1-36-23-22-34-32(33(36)19-20-35(36)39)18-17-27-25-28(38)21-24-37(27,34)26-40-41(29-11-5-2-6-12-29,30-13-7-3-8-14-30)31-15-9-4-10-16-31/h2-16,25,28,32-34,38H,17-24,26H2,1H3/t28-,32-,33-,34-,36-,37+/m0/s1. The topological polar surface area (TPSA) is 46.5 Å². The fourth-order valence-electron chi connectivity index (χ4n) is 9.55. The fourth-order valence-corrected chi connectivity index (χ4v) is 13.5. The van der Waals surface area contributed by atoms with Gasteiger partial charge in [0.2, 0.25) is 0 Å². The smallest absolute Gasteiger partial charge is 0.288 e. The summed E-state index contributed by atoms with van der Waals surface area (Å²) in [6.07, 6.45) is 9.59. The highest BCUT2D eigenvalue weighted by molar-refractivity contribution is 7.07. The van der Waals surface area contributed by atoms with Crippen LogP contribution in [-0.4, -0.2) is 31.9 Å². The number of carbonyl (C=O) groups is 1. The van der Waals surface area contributed by atoms with E-state index in [9.17, 15) is 9.90 Å². The van der Waals surface area contributed by atoms with Crippen molar-refractivity contribution in [3.05, 3.63) is 103 Å². The minimum Gasteiger partial charge on any atom is -0.403 e. The van der Waals surface area contributed by atoms with Crippen LogP contribution < -0.4 is 15.6 Å². The van der Waals surface area contributed by atoms with Gasteiger partial charge in [-0.3, -0.25) is 4.79 Å². The number of hydrogen-bond donors (Lipinski definition) is 1. The van der Waals surface area contributed by atoms with Crippen molar-refractivity contribution in [2.75, 3.05) is 6.61 Å². The Kier molecular flexibility index (Phi) is 6.92. The van der Waals surface area contributed by atoms with E-state index in [0.717, 1.165) is 51.4 Å². The Hall–Kier alpha value is -2.79. The van der Waals surface area contributed by atoms with Crippen LogP contribution in [0.1, 0.15) is 58.3 Å². The van der Waals surface area contributed by atoms with Crippen LogP contribution in [0.3, 0.4) is 0 Å². The van der Waals surface area contributed by atoms with Crippen molar-refractivity contribution < 1.29 is 14.3 Å². The normalized spacial score (nSPS) is 32.9. The number of ketones is 1. The van der Waals surface area contributed by atoms with E-state index >= 15 is 0 Å². The van der Waals surface area contributed by atoms with E-state index in [1.165, 1.54) is 21.1 Å². The first-order chi connectivity index (χ1) is 20.0. The molecule has 0 aromatic heterocycles. The average molecular weight is 563 g/mol. The Bertz CT molecular complexity index is 1320. The van der Waals surface area contributed by atoms with Gasteiger partial charge in [0, 0.05) is 23.9 Å². The molecule has 0 heterocycles. The van der Waals surface area contributed by atoms with Crippen LogP contribution in [0.2, 0.25) is 0 Å². The molecule has 4 heteroatoms. The molecule has 3 aromatic carbocycles. The third kappa shape index (κ3) is 4.25. The average Bonchev–Trinajstić information content (AvgIpc) is 3.33. The second-order valence-corrected chi connectivity index (χ2v) is 16.7. The summed E-state index contributed by atoms with van der Waals surface area (Å²) in [5, 5.41) is 14.6. The Balaban J connectivity index is 1.35. The zero-order valence-electron chi connectivity index (χ0n) is 24.2. The summed E-state index contributed by atoms with van der Waals surface area (Å²) in [5.41, 5.74) is 1.18. The highest BCUT2D eigenvalue weighted by Gasteiger charge is 2.60. The van der Waals surface area contributed by atoms with E-state index in [0.29, 0.717) is 30.1 Å². The van der Waals surface area contributed by atoms with Crippen molar-refractivity contribution in [3.8, 4) is 0 Å². The maximum absolute atomic E-state index is 13.1. The van der Waals surface area contributed by atoms with Crippen molar-refractivity contribution in [3.63, 3.8) is 0 Å². The van der Waals surface area contributed by atoms with E-state index in [2.05, 4.69) is 104 Å². The maximum atomic E-state index is 13.1. The monoisotopic (exact) mass is 562 g/mol. The molecule has 0 radical (unpaired) electrons. The van der Waals surface area contributed by atoms with E-state index in [-0.39, 0.29) is 16.9 Å². The van der Waals surface area contributed by atoms with Crippen LogP contribution in [0.25, 0.3) is 0 Å². The van der Waals surface area contributed by atoms with Gasteiger partial charge in [0.15, 0.2) is 0 Å². The lowest BCUT2D eigenvalue weighted by Crippen LogP contribution is -2.70. The van der Waals surface area contributed by atoms with Crippen LogP contribution in [0, 0.1) is 28.6 Å². The number of aliphatic hydroxyl groups excluding tert-OH is 1. The first kappa shape index (κ1) is 27.1. The van der Waals surface area contributed by atoms with Gasteiger partial charge >= 0.3 is 0 Å². The van der Waals surface area contributed by atoms with E-state index < -0.39 is 8.32 Å². The molecule has 3 nitrogen and oxygen atoms in total. The predicted molar refractivity (Wildman–Crippen MR) is 167 cm³/mol. The van der Waals surface area contributed by atoms with Crippen molar-refractivity contribution in [2.45, 2.75) is 64.4 Å². The number of hydrogen-bond acceptors (Lipinski definition) is 3. The van der Waals surface area contributed by atoms with Gasteiger partial charge in [-0.05, 0) is 78.3 Å².